The number of rotatable bonds is 4. The Kier molecular flexibility index (Phi) is 4.13. The van der Waals surface area contributed by atoms with Crippen LogP contribution in [0.4, 0.5) is 0 Å². The topological polar surface area (TPSA) is 33.6 Å². The van der Waals surface area contributed by atoms with Crippen molar-refractivity contribution >= 4 is 16.8 Å². The number of hydrogen-bond acceptors (Lipinski definition) is 4. The number of hydrogen-bond donors (Lipinski definition) is 1. The maximum absolute atomic E-state index is 5.37. The van der Waals surface area contributed by atoms with E-state index in [0.717, 1.165) is 21.9 Å². The minimum Gasteiger partial charge on any atom is -0.481 e. The Morgan fingerprint density at radius 2 is 1.90 bits per heavy atom. The Morgan fingerprint density at radius 1 is 1.14 bits per heavy atom. The van der Waals surface area contributed by atoms with Gasteiger partial charge in [0.2, 0.25) is 0 Å². The maximum Gasteiger partial charge on any atom is 0.148 e. The molecule has 1 unspecified atom stereocenters. The lowest BCUT2D eigenvalue weighted by atomic mass is 10.2. The van der Waals surface area contributed by atoms with E-state index in [-0.39, 0.29) is 12.0 Å². The number of terminal acetylenes is 1. The molecule has 0 saturated carbocycles. The van der Waals surface area contributed by atoms with Crippen LogP contribution in [0.3, 0.4) is 0 Å². The molecule has 0 amide bonds. The molecule has 4 heteroatoms. The maximum atomic E-state index is 5.37. The van der Waals surface area contributed by atoms with Gasteiger partial charge in [0.05, 0.1) is 0 Å². The lowest BCUT2D eigenvalue weighted by molar-refractivity contribution is 0.370. The summed E-state index contributed by atoms with van der Waals surface area (Å²) in [5.41, 5.74) is 5.45. The molecule has 3 nitrogen and oxygen atoms in total. The number of nitrogens with one attached hydrogen (secondary N) is 1. The highest BCUT2D eigenvalue weighted by molar-refractivity contribution is 8.14. The van der Waals surface area contributed by atoms with Gasteiger partial charge in [-0.25, -0.2) is 0 Å². The van der Waals surface area contributed by atoms with Crippen LogP contribution < -0.4 is 10.2 Å². The van der Waals surface area contributed by atoms with Gasteiger partial charge in [-0.05, 0) is 17.7 Å². The molecule has 1 N–H and O–H groups in total. The van der Waals surface area contributed by atoms with Crippen LogP contribution in [0.5, 0.6) is 5.75 Å². The molecule has 21 heavy (non-hydrogen) atoms. The highest BCUT2D eigenvalue weighted by atomic mass is 32.2. The Balaban J connectivity index is 1.66. The van der Waals surface area contributed by atoms with E-state index in [1.165, 1.54) is 0 Å². The Hall–Kier alpha value is -2.38. The molecular formula is C17H14N2OS. The molecule has 1 heterocycles. The van der Waals surface area contributed by atoms with Crippen LogP contribution in [-0.4, -0.2) is 11.7 Å². The molecule has 2 aromatic carbocycles. The fourth-order valence-corrected chi connectivity index (χ4v) is 3.00. The molecule has 0 bridgehead atoms. The summed E-state index contributed by atoms with van der Waals surface area (Å²) in [6.07, 6.45) is 5.17. The highest BCUT2D eigenvalue weighted by Gasteiger charge is 2.21. The molecule has 1 aliphatic heterocycles. The molecule has 0 aromatic heterocycles. The average molecular weight is 294 g/mol. The number of hydrazone groups is 1. The second kappa shape index (κ2) is 6.38. The van der Waals surface area contributed by atoms with Crippen molar-refractivity contribution in [2.45, 2.75) is 5.37 Å². The van der Waals surface area contributed by atoms with Gasteiger partial charge >= 0.3 is 0 Å². The average Bonchev–Trinajstić information content (AvgIpc) is 3.04. The van der Waals surface area contributed by atoms with Crippen LogP contribution in [0.1, 0.15) is 16.5 Å². The lowest BCUT2D eigenvalue weighted by Crippen LogP contribution is -2.06. The largest absolute Gasteiger partial charge is 0.481 e. The molecule has 104 valence electrons. The van der Waals surface area contributed by atoms with Crippen molar-refractivity contribution in [2.24, 2.45) is 5.10 Å². The zero-order chi connectivity index (χ0) is 14.5. The van der Waals surface area contributed by atoms with Crippen molar-refractivity contribution in [3.63, 3.8) is 0 Å². The Labute approximate surface area is 128 Å². The summed E-state index contributed by atoms with van der Waals surface area (Å²) in [5, 5.41) is 5.54. The van der Waals surface area contributed by atoms with Gasteiger partial charge in [-0.15, -0.1) is 6.42 Å². The third-order valence-corrected chi connectivity index (χ3v) is 4.20. The molecule has 0 aliphatic carbocycles. The van der Waals surface area contributed by atoms with E-state index >= 15 is 0 Å². The normalized spacial score (nSPS) is 16.7. The second-order valence-corrected chi connectivity index (χ2v) is 5.57. The smallest absolute Gasteiger partial charge is 0.148 e. The molecule has 0 radical (unpaired) electrons. The van der Waals surface area contributed by atoms with Crippen LogP contribution >= 0.6 is 11.8 Å². The first-order valence-electron chi connectivity index (χ1n) is 6.58. The summed E-state index contributed by atoms with van der Waals surface area (Å²) in [6, 6.07) is 18.1. The molecule has 1 atom stereocenters. The zero-order valence-electron chi connectivity index (χ0n) is 11.3. The van der Waals surface area contributed by atoms with Gasteiger partial charge in [-0.2, -0.15) is 5.10 Å². The summed E-state index contributed by atoms with van der Waals surface area (Å²) < 4.78 is 5.37. The van der Waals surface area contributed by atoms with Gasteiger partial charge in [0.1, 0.15) is 22.8 Å². The minimum absolute atomic E-state index is 0.127. The molecule has 1 aliphatic rings. The van der Waals surface area contributed by atoms with Gasteiger partial charge in [-0.3, -0.25) is 5.43 Å². The quantitative estimate of drug-likeness (QED) is 0.878. The van der Waals surface area contributed by atoms with Gasteiger partial charge in [0, 0.05) is 5.56 Å². The van der Waals surface area contributed by atoms with Gasteiger partial charge in [-0.1, -0.05) is 60.1 Å². The fourth-order valence-electron chi connectivity index (χ4n) is 2.00. The molecule has 0 fully saturated rings. The number of thioether (sulfide) groups is 1. The molecular weight excluding hydrogens is 280 g/mol. The molecule has 3 rings (SSSR count). The van der Waals surface area contributed by atoms with E-state index < -0.39 is 0 Å². The molecule has 0 saturated heterocycles. The molecule has 2 aromatic rings. The Morgan fingerprint density at radius 3 is 2.62 bits per heavy atom. The van der Waals surface area contributed by atoms with E-state index in [9.17, 15) is 0 Å². The third-order valence-electron chi connectivity index (χ3n) is 3.04. The van der Waals surface area contributed by atoms with E-state index in [1.54, 1.807) is 11.8 Å². The van der Waals surface area contributed by atoms with Crippen LogP contribution in [0, 0.1) is 12.3 Å². The first-order valence-corrected chi connectivity index (χ1v) is 7.46. The summed E-state index contributed by atoms with van der Waals surface area (Å²) >= 11 is 1.71. The number of nitrogens with zero attached hydrogens (tertiary/aromatic N) is 1. The van der Waals surface area contributed by atoms with E-state index in [1.807, 2.05) is 42.5 Å². The van der Waals surface area contributed by atoms with Crippen LogP contribution in [0.15, 0.2) is 59.7 Å². The van der Waals surface area contributed by atoms with Crippen molar-refractivity contribution in [3.8, 4) is 18.1 Å². The number of ether oxygens (including phenoxy) is 1. The van der Waals surface area contributed by atoms with Crippen LogP contribution in [0.2, 0.25) is 0 Å². The Bertz CT molecular complexity index is 674. The number of benzene rings is 2. The van der Waals surface area contributed by atoms with Crippen molar-refractivity contribution < 1.29 is 4.74 Å². The standard InChI is InChI=1S/C17H14N2OS/c1-2-12-20-15-10-8-14(9-11-15)17-19-18-16(21-17)13-6-4-3-5-7-13/h1,3-11,17,19H,12H2. The van der Waals surface area contributed by atoms with E-state index in [0.29, 0.717) is 0 Å². The van der Waals surface area contributed by atoms with E-state index in [4.69, 9.17) is 11.2 Å². The lowest BCUT2D eigenvalue weighted by Gasteiger charge is -2.10. The summed E-state index contributed by atoms with van der Waals surface area (Å²) in [7, 11) is 0. The fraction of sp³-hybridized carbons (Fsp3) is 0.118. The summed E-state index contributed by atoms with van der Waals surface area (Å²) in [4.78, 5) is 0. The zero-order valence-corrected chi connectivity index (χ0v) is 12.1. The van der Waals surface area contributed by atoms with Crippen molar-refractivity contribution in [1.29, 1.82) is 0 Å². The summed E-state index contributed by atoms with van der Waals surface area (Å²) in [5.74, 6) is 3.23. The minimum atomic E-state index is 0.127. The first kappa shape index (κ1) is 13.6. The van der Waals surface area contributed by atoms with Gasteiger partial charge in [0.25, 0.3) is 0 Å². The predicted octanol–water partition coefficient (Wildman–Crippen LogP) is 3.40. The first-order chi connectivity index (χ1) is 10.4. The van der Waals surface area contributed by atoms with Crippen molar-refractivity contribution in [3.05, 3.63) is 65.7 Å². The highest BCUT2D eigenvalue weighted by Crippen LogP contribution is 2.34. The van der Waals surface area contributed by atoms with Crippen LogP contribution in [0.25, 0.3) is 0 Å². The van der Waals surface area contributed by atoms with Crippen molar-refractivity contribution in [2.75, 3.05) is 6.61 Å². The monoisotopic (exact) mass is 294 g/mol. The third kappa shape index (κ3) is 3.21. The van der Waals surface area contributed by atoms with Gasteiger partial charge in [0.15, 0.2) is 0 Å². The van der Waals surface area contributed by atoms with Crippen LogP contribution in [-0.2, 0) is 0 Å². The summed E-state index contributed by atoms with van der Waals surface area (Å²) in [6.45, 7) is 0.289. The molecule has 0 spiro atoms. The van der Waals surface area contributed by atoms with E-state index in [2.05, 4.69) is 28.6 Å². The SMILES string of the molecule is C#CCOc1ccc(C2NN=C(c3ccccc3)S2)cc1. The predicted molar refractivity (Wildman–Crippen MR) is 87.2 cm³/mol. The van der Waals surface area contributed by atoms with Gasteiger partial charge < -0.3 is 4.74 Å². The van der Waals surface area contributed by atoms with Crippen molar-refractivity contribution in [1.82, 2.24) is 5.43 Å². The second-order valence-electron chi connectivity index (χ2n) is 4.47.